The molecule has 34 heavy (non-hydrogen) atoms. The topological polar surface area (TPSA) is 63.1 Å². The number of hydrogen-bond donors (Lipinski definition) is 1. The second-order valence-corrected chi connectivity index (χ2v) is 9.27. The molecule has 1 N–H and O–H groups in total. The lowest BCUT2D eigenvalue weighted by Crippen LogP contribution is -2.31. The molecule has 6 nitrogen and oxygen atoms in total. The minimum Gasteiger partial charge on any atom is -0.356 e. The number of piperidine rings is 1. The molecule has 7 heteroatoms. The fraction of sp³-hybridized carbons (Fsp3) is 0.296. The third kappa shape index (κ3) is 3.92. The Morgan fingerprint density at radius 3 is 2.38 bits per heavy atom. The zero-order valence-corrected chi connectivity index (χ0v) is 20.5. The van der Waals surface area contributed by atoms with E-state index in [0.717, 1.165) is 65.3 Å². The summed E-state index contributed by atoms with van der Waals surface area (Å²) in [4.78, 5) is 25.3. The number of aromatic nitrogens is 3. The number of anilines is 2. The fourth-order valence-electron chi connectivity index (χ4n) is 4.69. The number of rotatable bonds is 4. The lowest BCUT2D eigenvalue weighted by molar-refractivity contribution is 0.101. The first-order valence-corrected chi connectivity index (χ1v) is 12.1. The molecule has 2 aromatic heterocycles. The van der Waals surface area contributed by atoms with Gasteiger partial charge in [-0.25, -0.2) is 9.97 Å². The van der Waals surface area contributed by atoms with Crippen LogP contribution in [-0.2, 0) is 0 Å². The summed E-state index contributed by atoms with van der Waals surface area (Å²) in [5.74, 6) is 0.650. The number of aryl methyl sites for hydroxylation is 1. The Bertz CT molecular complexity index is 1370. The zero-order chi connectivity index (χ0) is 23.8. The number of hydrogen-bond acceptors (Lipinski definition) is 4. The summed E-state index contributed by atoms with van der Waals surface area (Å²) >= 11 is 6.26. The van der Waals surface area contributed by atoms with E-state index in [-0.39, 0.29) is 11.7 Å². The summed E-state index contributed by atoms with van der Waals surface area (Å²) in [5.41, 5.74) is 5.47. The molecule has 1 fully saturated rings. The van der Waals surface area contributed by atoms with Gasteiger partial charge in [0, 0.05) is 35.2 Å². The van der Waals surface area contributed by atoms with Crippen LogP contribution in [0.1, 0.15) is 46.7 Å². The fourth-order valence-corrected chi connectivity index (χ4v) is 4.87. The second kappa shape index (κ2) is 9.11. The van der Waals surface area contributed by atoms with Crippen LogP contribution in [0.3, 0.4) is 0 Å². The average molecular weight is 474 g/mol. The molecule has 1 aliphatic rings. The number of para-hydroxylation sites is 1. The third-order valence-electron chi connectivity index (χ3n) is 6.72. The number of carbonyl (C=O) groups is 1. The summed E-state index contributed by atoms with van der Waals surface area (Å²) in [6, 6.07) is 15.6. The Morgan fingerprint density at radius 1 is 0.912 bits per heavy atom. The molecular weight excluding hydrogens is 446 g/mol. The summed E-state index contributed by atoms with van der Waals surface area (Å²) in [6.07, 6.45) is 3.45. The monoisotopic (exact) mass is 473 g/mol. The first-order chi connectivity index (χ1) is 16.5. The van der Waals surface area contributed by atoms with Gasteiger partial charge < -0.3 is 10.2 Å². The number of nitrogens with zero attached hydrogens (tertiary/aromatic N) is 4. The van der Waals surface area contributed by atoms with E-state index in [9.17, 15) is 4.79 Å². The van der Waals surface area contributed by atoms with E-state index in [1.54, 1.807) is 0 Å². The molecule has 1 amide bonds. The molecule has 3 heterocycles. The summed E-state index contributed by atoms with van der Waals surface area (Å²) in [5, 5.41) is 4.58. The van der Waals surface area contributed by atoms with Crippen molar-refractivity contribution in [1.29, 1.82) is 0 Å². The number of benzene rings is 2. The Kier molecular flexibility index (Phi) is 6.00. The molecule has 0 radical (unpaired) electrons. The maximum atomic E-state index is 13.4. The van der Waals surface area contributed by atoms with Crippen LogP contribution in [0.2, 0.25) is 5.02 Å². The van der Waals surface area contributed by atoms with Crippen molar-refractivity contribution in [3.05, 3.63) is 76.2 Å². The highest BCUT2D eigenvalue weighted by molar-refractivity contribution is 6.31. The summed E-state index contributed by atoms with van der Waals surface area (Å²) in [6.45, 7) is 7.95. The van der Waals surface area contributed by atoms with Gasteiger partial charge in [-0.1, -0.05) is 35.9 Å². The number of fused-ring (bicyclic) bond motifs is 1. The zero-order valence-electron chi connectivity index (χ0n) is 19.7. The van der Waals surface area contributed by atoms with E-state index >= 15 is 0 Å². The van der Waals surface area contributed by atoms with Crippen molar-refractivity contribution in [3.63, 3.8) is 0 Å². The van der Waals surface area contributed by atoms with Gasteiger partial charge in [0.15, 0.2) is 5.65 Å². The molecule has 0 spiro atoms. The highest BCUT2D eigenvalue weighted by Crippen LogP contribution is 2.35. The quantitative estimate of drug-likeness (QED) is 0.381. The van der Waals surface area contributed by atoms with Gasteiger partial charge in [0.25, 0.3) is 5.91 Å². The molecule has 0 bridgehead atoms. The first kappa shape index (κ1) is 22.4. The summed E-state index contributed by atoms with van der Waals surface area (Å²) in [7, 11) is 0. The van der Waals surface area contributed by atoms with Gasteiger partial charge in [-0.3, -0.25) is 9.36 Å². The van der Waals surface area contributed by atoms with Crippen molar-refractivity contribution in [1.82, 2.24) is 14.5 Å². The molecule has 0 atom stereocenters. The van der Waals surface area contributed by atoms with Crippen molar-refractivity contribution in [2.24, 2.45) is 0 Å². The molecular formula is C27H28ClN5O. The maximum Gasteiger partial charge on any atom is 0.293 e. The smallest absolute Gasteiger partial charge is 0.293 e. The van der Waals surface area contributed by atoms with Crippen molar-refractivity contribution in [2.45, 2.75) is 40.0 Å². The largest absolute Gasteiger partial charge is 0.356 e. The van der Waals surface area contributed by atoms with Gasteiger partial charge in [0.05, 0.1) is 5.39 Å². The number of amides is 1. The Balaban J connectivity index is 1.69. The van der Waals surface area contributed by atoms with Crippen molar-refractivity contribution >= 4 is 40.0 Å². The number of nitrogens with one attached hydrogen (secondary N) is 1. The molecule has 2 aromatic carbocycles. The van der Waals surface area contributed by atoms with E-state index in [0.29, 0.717) is 10.7 Å². The molecule has 174 valence electrons. The van der Waals surface area contributed by atoms with E-state index in [4.69, 9.17) is 21.6 Å². The van der Waals surface area contributed by atoms with Crippen LogP contribution in [0.5, 0.6) is 0 Å². The Morgan fingerprint density at radius 2 is 1.65 bits per heavy atom. The lowest BCUT2D eigenvalue weighted by atomic mass is 10.1. The van der Waals surface area contributed by atoms with Gasteiger partial charge in [0.2, 0.25) is 5.82 Å². The Labute approximate surface area is 204 Å². The maximum absolute atomic E-state index is 13.4. The normalized spacial score (nSPS) is 13.9. The summed E-state index contributed by atoms with van der Waals surface area (Å²) < 4.78 is 2.13. The van der Waals surface area contributed by atoms with Crippen LogP contribution in [0.15, 0.2) is 48.5 Å². The first-order valence-electron chi connectivity index (χ1n) is 11.7. The lowest BCUT2D eigenvalue weighted by Gasteiger charge is -2.28. The molecule has 4 aromatic rings. The van der Waals surface area contributed by atoms with Crippen LogP contribution < -0.4 is 10.2 Å². The van der Waals surface area contributed by atoms with E-state index < -0.39 is 0 Å². The molecule has 0 saturated carbocycles. The molecule has 0 unspecified atom stereocenters. The van der Waals surface area contributed by atoms with E-state index in [1.807, 2.05) is 43.3 Å². The van der Waals surface area contributed by atoms with Crippen LogP contribution in [0, 0.1) is 20.8 Å². The van der Waals surface area contributed by atoms with Crippen LogP contribution in [0.25, 0.3) is 16.7 Å². The van der Waals surface area contributed by atoms with Crippen molar-refractivity contribution in [2.75, 3.05) is 23.3 Å². The predicted molar refractivity (Wildman–Crippen MR) is 139 cm³/mol. The highest BCUT2D eigenvalue weighted by atomic mass is 35.5. The van der Waals surface area contributed by atoms with Gasteiger partial charge >= 0.3 is 0 Å². The Hall–Kier alpha value is -3.38. The standard InChI is InChI=1S/C27H28ClN5O/c1-17-19(3)33(20-11-6-4-7-12-20)26-23(17)25(32-15-8-5-9-16-32)30-24(31-26)27(34)29-22-14-10-13-21(28)18(22)2/h4,6-7,10-14H,5,8-9,15-16H2,1-3H3,(H,29,34). The predicted octanol–water partition coefficient (Wildman–Crippen LogP) is 6.24. The van der Waals surface area contributed by atoms with Crippen molar-refractivity contribution in [3.8, 4) is 5.69 Å². The second-order valence-electron chi connectivity index (χ2n) is 8.87. The third-order valence-corrected chi connectivity index (χ3v) is 7.13. The minimum absolute atomic E-state index is 0.155. The molecule has 5 rings (SSSR count). The van der Waals surface area contributed by atoms with Gasteiger partial charge in [-0.05, 0) is 75.4 Å². The van der Waals surface area contributed by atoms with E-state index in [1.165, 1.54) is 6.42 Å². The van der Waals surface area contributed by atoms with Gasteiger partial charge in [-0.15, -0.1) is 0 Å². The number of carbonyl (C=O) groups excluding carboxylic acids is 1. The minimum atomic E-state index is -0.346. The van der Waals surface area contributed by atoms with Gasteiger partial charge in [0.1, 0.15) is 5.82 Å². The molecule has 1 aliphatic heterocycles. The number of halogens is 1. The SMILES string of the molecule is Cc1c(Cl)cccc1NC(=O)c1nc(N2CCCCC2)c2c(C)c(C)n(-c3ccccc3)c2n1. The van der Waals surface area contributed by atoms with Crippen molar-refractivity contribution < 1.29 is 4.79 Å². The molecule has 1 saturated heterocycles. The van der Waals surface area contributed by atoms with Crippen LogP contribution in [0.4, 0.5) is 11.5 Å². The highest BCUT2D eigenvalue weighted by Gasteiger charge is 2.25. The molecule has 0 aliphatic carbocycles. The van der Waals surface area contributed by atoms with Crippen LogP contribution in [-0.4, -0.2) is 33.5 Å². The van der Waals surface area contributed by atoms with Gasteiger partial charge in [-0.2, -0.15) is 0 Å². The average Bonchev–Trinajstić information content (AvgIpc) is 3.12. The van der Waals surface area contributed by atoms with E-state index in [2.05, 4.69) is 40.8 Å². The van der Waals surface area contributed by atoms with Crippen LogP contribution >= 0.6 is 11.6 Å².